The molecule has 0 bridgehead atoms. The van der Waals surface area contributed by atoms with E-state index in [1.807, 2.05) is 30.3 Å². The molecule has 0 aliphatic rings. The molecule has 0 spiro atoms. The van der Waals surface area contributed by atoms with Crippen molar-refractivity contribution < 1.29 is 24.3 Å². The van der Waals surface area contributed by atoms with Gasteiger partial charge in [-0.05, 0) is 30.8 Å². The van der Waals surface area contributed by atoms with Crippen LogP contribution < -0.4 is 15.9 Å². The van der Waals surface area contributed by atoms with E-state index in [4.69, 9.17) is 0 Å². The van der Waals surface area contributed by atoms with Crippen LogP contribution in [0.1, 0.15) is 17.3 Å². The molecular weight excluding hydrogens is 390 g/mol. The van der Waals surface area contributed by atoms with Crippen LogP contribution in [0.4, 0.5) is 0 Å². The predicted octanol–water partition coefficient (Wildman–Crippen LogP) is 3.64. The minimum Gasteiger partial charge on any atom is -0.294 e. The van der Waals surface area contributed by atoms with Gasteiger partial charge >= 0.3 is 0 Å². The first kappa shape index (κ1) is 17.7. The summed E-state index contributed by atoms with van der Waals surface area (Å²) in [6.07, 6.45) is 0. The Hall–Kier alpha value is -1.62. The molecule has 1 radical (unpaired) electrons. The molecule has 0 saturated carbocycles. The second-order valence-electron chi connectivity index (χ2n) is 5.08. The fourth-order valence-corrected chi connectivity index (χ4v) is 5.05. The van der Waals surface area contributed by atoms with Crippen LogP contribution in [0.2, 0.25) is 0 Å². The largest absolute Gasteiger partial charge is 0.294 e. The standard InChI is InChI=1S/C20H17OP.Rh/c1-16(21)19-14-8-9-15-20(19)22(17-10-4-2-5-11-17)18-12-6-3-7-13-18;/h2-15H,1H3;. The maximum atomic E-state index is 12.0. The Kier molecular flexibility index (Phi) is 6.40. The second kappa shape index (κ2) is 8.30. The second-order valence-corrected chi connectivity index (χ2v) is 7.27. The summed E-state index contributed by atoms with van der Waals surface area (Å²) in [5, 5.41) is 3.65. The minimum absolute atomic E-state index is 0. The van der Waals surface area contributed by atoms with Gasteiger partial charge in [0.05, 0.1) is 0 Å². The van der Waals surface area contributed by atoms with E-state index in [9.17, 15) is 4.79 Å². The summed E-state index contributed by atoms with van der Waals surface area (Å²) < 4.78 is 0. The van der Waals surface area contributed by atoms with Crippen LogP contribution in [-0.2, 0) is 19.5 Å². The summed E-state index contributed by atoms with van der Waals surface area (Å²) >= 11 is 0. The monoisotopic (exact) mass is 407 g/mol. The normalized spacial score (nSPS) is 10.2. The molecule has 0 N–H and O–H groups in total. The van der Waals surface area contributed by atoms with Crippen molar-refractivity contribution in [2.45, 2.75) is 6.92 Å². The quantitative estimate of drug-likeness (QED) is 0.367. The van der Waals surface area contributed by atoms with Crippen molar-refractivity contribution in [1.29, 1.82) is 0 Å². The summed E-state index contributed by atoms with van der Waals surface area (Å²) in [4.78, 5) is 12.0. The molecule has 23 heavy (non-hydrogen) atoms. The topological polar surface area (TPSA) is 17.1 Å². The third-order valence-electron chi connectivity index (χ3n) is 3.55. The van der Waals surface area contributed by atoms with Gasteiger partial charge in [0.15, 0.2) is 5.78 Å². The molecule has 0 aromatic heterocycles. The summed E-state index contributed by atoms with van der Waals surface area (Å²) in [7, 11) is -0.720. The van der Waals surface area contributed by atoms with E-state index >= 15 is 0 Å². The summed E-state index contributed by atoms with van der Waals surface area (Å²) in [6, 6.07) is 28.9. The fraction of sp³-hybridized carbons (Fsp3) is 0.0500. The van der Waals surface area contributed by atoms with Gasteiger partial charge in [-0.25, -0.2) is 0 Å². The van der Waals surface area contributed by atoms with E-state index < -0.39 is 7.92 Å². The number of benzene rings is 3. The maximum Gasteiger partial charge on any atom is 0.160 e. The zero-order chi connectivity index (χ0) is 15.4. The molecular formula is C20H17OPRh. The Morgan fingerprint density at radius 2 is 1.13 bits per heavy atom. The number of hydrogen-bond donors (Lipinski definition) is 0. The van der Waals surface area contributed by atoms with Gasteiger partial charge in [0, 0.05) is 25.0 Å². The Bertz CT molecular complexity index is 732. The van der Waals surface area contributed by atoms with E-state index in [0.29, 0.717) is 0 Å². The van der Waals surface area contributed by atoms with Crippen molar-refractivity contribution in [2.75, 3.05) is 0 Å². The van der Waals surface area contributed by atoms with Crippen LogP contribution in [0.25, 0.3) is 0 Å². The van der Waals surface area contributed by atoms with Gasteiger partial charge in [0.2, 0.25) is 0 Å². The number of ketones is 1. The number of hydrogen-bond acceptors (Lipinski definition) is 1. The molecule has 0 heterocycles. The van der Waals surface area contributed by atoms with Gasteiger partial charge in [-0.15, -0.1) is 0 Å². The number of rotatable bonds is 4. The van der Waals surface area contributed by atoms with Gasteiger partial charge in [-0.1, -0.05) is 84.9 Å². The smallest absolute Gasteiger partial charge is 0.160 e. The van der Waals surface area contributed by atoms with Gasteiger partial charge in [0.25, 0.3) is 0 Å². The van der Waals surface area contributed by atoms with Crippen LogP contribution in [0.5, 0.6) is 0 Å². The van der Waals surface area contributed by atoms with Gasteiger partial charge in [0.1, 0.15) is 0 Å². The summed E-state index contributed by atoms with van der Waals surface area (Å²) in [5.41, 5.74) is 0.821. The van der Waals surface area contributed by atoms with Crippen molar-refractivity contribution >= 4 is 29.6 Å². The molecule has 3 aromatic carbocycles. The van der Waals surface area contributed by atoms with E-state index in [1.54, 1.807) is 6.92 Å². The maximum absolute atomic E-state index is 12.0. The first-order valence-electron chi connectivity index (χ1n) is 7.27. The fourth-order valence-electron chi connectivity index (χ4n) is 2.55. The Morgan fingerprint density at radius 3 is 1.61 bits per heavy atom. The van der Waals surface area contributed by atoms with Crippen molar-refractivity contribution in [1.82, 2.24) is 0 Å². The van der Waals surface area contributed by atoms with E-state index in [0.717, 1.165) is 10.9 Å². The molecule has 1 nitrogen and oxygen atoms in total. The first-order valence-corrected chi connectivity index (χ1v) is 8.62. The average Bonchev–Trinajstić information content (AvgIpc) is 2.57. The van der Waals surface area contributed by atoms with Crippen molar-refractivity contribution in [2.24, 2.45) is 0 Å². The van der Waals surface area contributed by atoms with Crippen LogP contribution >= 0.6 is 7.92 Å². The molecule has 0 fully saturated rings. The van der Waals surface area contributed by atoms with Gasteiger partial charge in [-0.3, -0.25) is 4.79 Å². The first-order chi connectivity index (χ1) is 10.8. The molecule has 0 amide bonds. The van der Waals surface area contributed by atoms with Crippen LogP contribution in [-0.4, -0.2) is 5.78 Å². The SMILES string of the molecule is CC(=O)c1ccccc1P(c1ccccc1)c1ccccc1.[Rh]. The van der Waals surface area contributed by atoms with Crippen molar-refractivity contribution in [3.05, 3.63) is 90.5 Å². The molecule has 3 rings (SSSR count). The van der Waals surface area contributed by atoms with E-state index in [-0.39, 0.29) is 25.3 Å². The predicted molar refractivity (Wildman–Crippen MR) is 95.2 cm³/mol. The third-order valence-corrected chi connectivity index (χ3v) is 6.05. The number of Topliss-reactive ketones (excluding diaryl/α,β-unsaturated/α-hetero) is 1. The van der Waals surface area contributed by atoms with Crippen LogP contribution in [0, 0.1) is 0 Å². The van der Waals surface area contributed by atoms with E-state index in [1.165, 1.54) is 10.6 Å². The van der Waals surface area contributed by atoms with E-state index in [2.05, 4.69) is 54.6 Å². The molecule has 0 aliphatic carbocycles. The number of carbonyl (C=O) groups excluding carboxylic acids is 1. The number of carbonyl (C=O) groups is 1. The van der Waals surface area contributed by atoms with Crippen molar-refractivity contribution in [3.63, 3.8) is 0 Å². The molecule has 0 aliphatic heterocycles. The zero-order valence-electron chi connectivity index (χ0n) is 12.8. The molecule has 3 aromatic rings. The average molecular weight is 407 g/mol. The van der Waals surface area contributed by atoms with Crippen molar-refractivity contribution in [3.8, 4) is 0 Å². The Balaban J connectivity index is 0.00000192. The summed E-state index contributed by atoms with van der Waals surface area (Å²) in [5.74, 6) is 0.120. The van der Waals surface area contributed by atoms with Gasteiger partial charge < -0.3 is 0 Å². The minimum atomic E-state index is -0.720. The van der Waals surface area contributed by atoms with Crippen LogP contribution in [0.3, 0.4) is 0 Å². The van der Waals surface area contributed by atoms with Crippen LogP contribution in [0.15, 0.2) is 84.9 Å². The third kappa shape index (κ3) is 4.02. The zero-order valence-corrected chi connectivity index (χ0v) is 15.3. The Morgan fingerprint density at radius 1 is 0.696 bits per heavy atom. The molecule has 0 unspecified atom stereocenters. The molecule has 3 heteroatoms. The molecule has 0 atom stereocenters. The molecule has 0 saturated heterocycles. The summed E-state index contributed by atoms with van der Waals surface area (Å²) in [6.45, 7) is 1.64. The molecule has 117 valence electrons. The van der Waals surface area contributed by atoms with Gasteiger partial charge in [-0.2, -0.15) is 0 Å². The Labute approximate surface area is 151 Å².